The quantitative estimate of drug-likeness (QED) is 0.0951. The third-order valence-electron chi connectivity index (χ3n) is 6.58. The van der Waals surface area contributed by atoms with E-state index in [2.05, 4.69) is 26.6 Å². The first-order valence-electron chi connectivity index (χ1n) is 14.3. The van der Waals surface area contributed by atoms with E-state index in [0.717, 1.165) is 16.0 Å². The van der Waals surface area contributed by atoms with Gasteiger partial charge in [0.1, 0.15) is 6.04 Å². The van der Waals surface area contributed by atoms with Gasteiger partial charge in [-0.2, -0.15) is 0 Å². The smallest absolute Gasteiger partial charge is 0.253 e. The van der Waals surface area contributed by atoms with Crippen molar-refractivity contribution in [1.29, 1.82) is 0 Å². The highest BCUT2D eigenvalue weighted by molar-refractivity contribution is 6.17. The van der Waals surface area contributed by atoms with Crippen LogP contribution in [0.2, 0.25) is 0 Å². The van der Waals surface area contributed by atoms with Gasteiger partial charge >= 0.3 is 0 Å². The normalized spacial score (nSPS) is 12.8. The van der Waals surface area contributed by atoms with Crippen LogP contribution in [0.25, 0.3) is 0 Å². The lowest BCUT2D eigenvalue weighted by Gasteiger charge is -2.19. The van der Waals surface area contributed by atoms with Gasteiger partial charge in [0.15, 0.2) is 0 Å². The number of unbranched alkanes of at least 4 members (excludes halogenated alkanes) is 1. The predicted octanol–water partition coefficient (Wildman–Crippen LogP) is 0.535. The number of carbonyl (C=O) groups is 7. The van der Waals surface area contributed by atoms with Crippen LogP contribution in [0.1, 0.15) is 30.4 Å². The van der Waals surface area contributed by atoms with Gasteiger partial charge in [0, 0.05) is 43.1 Å². The van der Waals surface area contributed by atoms with Crippen LogP contribution in [0.5, 0.6) is 0 Å². The molecule has 7 amide bonds. The minimum Gasteiger partial charge on any atom is -0.347 e. The van der Waals surface area contributed by atoms with Crippen molar-refractivity contribution in [2.75, 3.05) is 31.5 Å². The van der Waals surface area contributed by atoms with E-state index in [1.54, 1.807) is 48.5 Å². The Bertz CT molecular complexity index is 1400. The van der Waals surface area contributed by atoms with Crippen molar-refractivity contribution < 1.29 is 33.6 Å². The van der Waals surface area contributed by atoms with E-state index >= 15 is 0 Å². The topological polar surface area (TPSA) is 183 Å². The van der Waals surface area contributed by atoms with Gasteiger partial charge in [-0.3, -0.25) is 38.5 Å². The highest BCUT2D eigenvalue weighted by Gasteiger charge is 2.23. The van der Waals surface area contributed by atoms with Gasteiger partial charge in [0.2, 0.25) is 29.5 Å². The molecule has 1 aliphatic heterocycles. The Kier molecular flexibility index (Phi) is 13.7. The number of anilines is 1. The summed E-state index contributed by atoms with van der Waals surface area (Å²) < 4.78 is 0. The monoisotopic (exact) mass is 638 g/mol. The number of imide groups is 1. The minimum absolute atomic E-state index is 0.0893. The Morgan fingerprint density at radius 1 is 0.689 bits per heavy atom. The van der Waals surface area contributed by atoms with Crippen molar-refractivity contribution in [2.45, 2.75) is 37.6 Å². The number of carbonyl (C=O) groups excluding carboxylic acids is 7. The van der Waals surface area contributed by atoms with E-state index in [1.165, 1.54) is 12.2 Å². The molecule has 2 aromatic rings. The fourth-order valence-corrected chi connectivity index (χ4v) is 4.37. The zero-order chi connectivity index (χ0) is 32.6. The van der Waals surface area contributed by atoms with E-state index in [0.29, 0.717) is 24.4 Å². The summed E-state index contributed by atoms with van der Waals surface area (Å²) in [5, 5.41) is 12.6. The number of halogens is 1. The molecule has 1 heterocycles. The lowest BCUT2D eigenvalue weighted by atomic mass is 10.1. The molecule has 0 unspecified atom stereocenters. The summed E-state index contributed by atoms with van der Waals surface area (Å²) in [6.07, 6.45) is 3.45. The molecule has 3 rings (SSSR count). The first kappa shape index (κ1) is 34.5. The number of hydrogen-bond donors (Lipinski definition) is 5. The van der Waals surface area contributed by atoms with E-state index in [-0.39, 0.29) is 44.3 Å². The second kappa shape index (κ2) is 17.9. The first-order chi connectivity index (χ1) is 21.6. The molecule has 0 spiro atoms. The molecule has 0 aromatic heterocycles. The highest BCUT2D eigenvalue weighted by atomic mass is 35.5. The number of benzene rings is 2. The predicted molar refractivity (Wildman–Crippen MR) is 165 cm³/mol. The van der Waals surface area contributed by atoms with Crippen LogP contribution in [-0.2, 0) is 45.9 Å². The Balaban J connectivity index is 1.39. The standard InChI is InChI=1S/C31H35ClN6O7/c32-17-22-9-11-23(12-10-22)36-27(41)20-35-31(45)24(16-21-6-2-1-3-7-21)37-28(42)19-34-26(40)18-33-25(39)8-4-5-15-38-29(43)13-14-30(38)44/h1-3,6-7,9-14,24H,4-5,8,15-20H2,(H,33,39)(H,34,40)(H,35,45)(H,36,41)(H,37,42)/t24-/m0/s1. The summed E-state index contributed by atoms with van der Waals surface area (Å²) in [7, 11) is 0. The zero-order valence-electron chi connectivity index (χ0n) is 24.5. The SMILES string of the molecule is O=C(CCCCN1C(=O)C=CC1=O)NCC(=O)NCC(=O)N[C@@H](Cc1ccccc1)C(=O)NCC(=O)Nc1ccc(CCl)cc1. The maximum absolute atomic E-state index is 13.0. The molecule has 0 radical (unpaired) electrons. The van der Waals surface area contributed by atoms with Gasteiger partial charge in [0.05, 0.1) is 19.6 Å². The van der Waals surface area contributed by atoms with Crippen molar-refractivity contribution in [1.82, 2.24) is 26.2 Å². The van der Waals surface area contributed by atoms with Gasteiger partial charge in [-0.05, 0) is 36.1 Å². The van der Waals surface area contributed by atoms with Crippen LogP contribution < -0.4 is 26.6 Å². The van der Waals surface area contributed by atoms with Crippen molar-refractivity contribution in [3.63, 3.8) is 0 Å². The third-order valence-corrected chi connectivity index (χ3v) is 6.89. The molecule has 0 bridgehead atoms. The third kappa shape index (κ3) is 12.2. The fourth-order valence-electron chi connectivity index (χ4n) is 4.19. The number of nitrogens with zero attached hydrogens (tertiary/aromatic N) is 1. The number of alkyl halides is 1. The Morgan fingerprint density at radius 2 is 1.31 bits per heavy atom. The average molecular weight is 639 g/mol. The van der Waals surface area contributed by atoms with Gasteiger partial charge in [0.25, 0.3) is 11.8 Å². The molecule has 14 heteroatoms. The maximum atomic E-state index is 13.0. The van der Waals surface area contributed by atoms with E-state index < -0.39 is 42.1 Å². The fraction of sp³-hybridized carbons (Fsp3) is 0.323. The molecule has 1 atom stereocenters. The van der Waals surface area contributed by atoms with Crippen molar-refractivity contribution in [3.05, 3.63) is 77.9 Å². The molecule has 1 aliphatic rings. The van der Waals surface area contributed by atoms with Crippen molar-refractivity contribution in [3.8, 4) is 0 Å². The van der Waals surface area contributed by atoms with Crippen LogP contribution in [0, 0.1) is 0 Å². The summed E-state index contributed by atoms with van der Waals surface area (Å²) >= 11 is 5.78. The largest absolute Gasteiger partial charge is 0.347 e. The van der Waals surface area contributed by atoms with Crippen molar-refractivity contribution in [2.24, 2.45) is 0 Å². The highest BCUT2D eigenvalue weighted by Crippen LogP contribution is 2.11. The van der Waals surface area contributed by atoms with Crippen LogP contribution in [-0.4, -0.2) is 78.5 Å². The van der Waals surface area contributed by atoms with Gasteiger partial charge in [-0.1, -0.05) is 42.5 Å². The molecule has 0 saturated carbocycles. The second-order valence-corrected chi connectivity index (χ2v) is 10.3. The van der Waals surface area contributed by atoms with Crippen LogP contribution in [0.15, 0.2) is 66.7 Å². The molecular weight excluding hydrogens is 604 g/mol. The molecular formula is C31H35ClN6O7. The minimum atomic E-state index is -1.03. The number of hydrogen-bond acceptors (Lipinski definition) is 7. The molecule has 0 aliphatic carbocycles. The van der Waals surface area contributed by atoms with E-state index in [9.17, 15) is 33.6 Å². The van der Waals surface area contributed by atoms with E-state index in [1.807, 2.05) is 6.07 Å². The van der Waals surface area contributed by atoms with E-state index in [4.69, 9.17) is 11.6 Å². The molecule has 45 heavy (non-hydrogen) atoms. The first-order valence-corrected chi connectivity index (χ1v) is 14.8. The van der Waals surface area contributed by atoms with Gasteiger partial charge < -0.3 is 26.6 Å². The summed E-state index contributed by atoms with van der Waals surface area (Å²) in [6.45, 7) is -0.942. The summed E-state index contributed by atoms with van der Waals surface area (Å²) in [4.78, 5) is 86.3. The maximum Gasteiger partial charge on any atom is 0.253 e. The van der Waals surface area contributed by atoms with Crippen molar-refractivity contribution >= 4 is 58.6 Å². The van der Waals surface area contributed by atoms with Crippen LogP contribution in [0.3, 0.4) is 0 Å². The van der Waals surface area contributed by atoms with Gasteiger partial charge in [-0.25, -0.2) is 0 Å². The molecule has 5 N–H and O–H groups in total. The lowest BCUT2D eigenvalue weighted by molar-refractivity contribution is -0.137. The Morgan fingerprint density at radius 3 is 1.98 bits per heavy atom. The zero-order valence-corrected chi connectivity index (χ0v) is 25.2. The summed E-state index contributed by atoms with van der Waals surface area (Å²) in [6, 6.07) is 14.9. The summed E-state index contributed by atoms with van der Waals surface area (Å²) in [5.74, 6) is -3.14. The lowest BCUT2D eigenvalue weighted by Crippen LogP contribution is -2.52. The number of nitrogens with one attached hydrogen (secondary N) is 5. The van der Waals surface area contributed by atoms with Crippen LogP contribution in [0.4, 0.5) is 5.69 Å². The molecule has 0 saturated heterocycles. The second-order valence-electron chi connectivity index (χ2n) is 10.1. The molecule has 13 nitrogen and oxygen atoms in total. The molecule has 2 aromatic carbocycles. The summed E-state index contributed by atoms with van der Waals surface area (Å²) in [5.41, 5.74) is 2.19. The number of rotatable bonds is 17. The van der Waals surface area contributed by atoms with Crippen LogP contribution >= 0.6 is 11.6 Å². The van der Waals surface area contributed by atoms with Gasteiger partial charge in [-0.15, -0.1) is 11.6 Å². The average Bonchev–Trinajstić information content (AvgIpc) is 3.36. The molecule has 0 fully saturated rings. The Hall–Kier alpha value is -5.04. The number of amides is 7. The Labute approximate surface area is 265 Å². The molecule has 238 valence electrons.